The van der Waals surface area contributed by atoms with Gasteiger partial charge >= 0.3 is 0 Å². The Balaban J connectivity index is 1.51. The zero-order valence-corrected chi connectivity index (χ0v) is 19.1. The van der Waals surface area contributed by atoms with E-state index in [9.17, 15) is 14.4 Å². The van der Waals surface area contributed by atoms with E-state index in [2.05, 4.69) is 10.6 Å². The van der Waals surface area contributed by atoms with E-state index in [1.165, 1.54) is 6.42 Å². The number of carbonyl (C=O) groups is 3. The van der Waals surface area contributed by atoms with Gasteiger partial charge in [-0.05, 0) is 55.7 Å². The number of benzene rings is 2. The predicted molar refractivity (Wildman–Crippen MR) is 126 cm³/mol. The monoisotopic (exact) mass is 471 g/mol. The van der Waals surface area contributed by atoms with Gasteiger partial charge in [-0.1, -0.05) is 54.6 Å². The molecule has 8 heteroatoms. The van der Waals surface area contributed by atoms with Crippen LogP contribution in [0.2, 0.25) is 5.02 Å². The highest BCUT2D eigenvalue weighted by Crippen LogP contribution is 2.32. The van der Waals surface area contributed by atoms with Crippen molar-refractivity contribution in [1.82, 2.24) is 5.32 Å². The molecule has 1 fully saturated rings. The minimum atomic E-state index is -0.634. The van der Waals surface area contributed by atoms with Crippen molar-refractivity contribution in [2.75, 3.05) is 10.2 Å². The largest absolute Gasteiger partial charge is 0.350 e. The number of hydrogen-bond donors (Lipinski definition) is 2. The topological polar surface area (TPSA) is 78.5 Å². The van der Waals surface area contributed by atoms with Gasteiger partial charge in [0.15, 0.2) is 0 Å². The van der Waals surface area contributed by atoms with Crippen LogP contribution in [0.3, 0.4) is 0 Å². The summed E-state index contributed by atoms with van der Waals surface area (Å²) in [6, 6.07) is 11.9. The molecular weight excluding hydrogens is 449 g/mol. The van der Waals surface area contributed by atoms with Gasteiger partial charge in [0.05, 0.1) is 5.69 Å². The minimum absolute atomic E-state index is 0.0433. The highest BCUT2D eigenvalue weighted by molar-refractivity contribution is 6.53. The molecule has 2 aromatic carbocycles. The van der Waals surface area contributed by atoms with Crippen LogP contribution in [-0.2, 0) is 9.59 Å². The van der Waals surface area contributed by atoms with Gasteiger partial charge in [-0.2, -0.15) is 0 Å². The Morgan fingerprint density at radius 1 is 1.00 bits per heavy atom. The lowest BCUT2D eigenvalue weighted by molar-refractivity contribution is -0.120. The number of halogens is 2. The fourth-order valence-electron chi connectivity index (χ4n) is 3.96. The summed E-state index contributed by atoms with van der Waals surface area (Å²) in [6.45, 7) is 1.83. The molecule has 32 heavy (non-hydrogen) atoms. The summed E-state index contributed by atoms with van der Waals surface area (Å²) >= 11 is 12.4. The molecule has 2 aliphatic rings. The van der Waals surface area contributed by atoms with E-state index in [0.717, 1.165) is 36.1 Å². The lowest BCUT2D eigenvalue weighted by Gasteiger charge is -2.22. The molecule has 0 bridgehead atoms. The number of aryl methyl sites for hydroxylation is 1. The van der Waals surface area contributed by atoms with Gasteiger partial charge in [-0.25, -0.2) is 4.90 Å². The maximum atomic E-state index is 13.0. The smallest absolute Gasteiger partial charge is 0.283 e. The van der Waals surface area contributed by atoms with Crippen LogP contribution in [0.15, 0.2) is 53.2 Å². The first-order valence-corrected chi connectivity index (χ1v) is 11.3. The molecule has 0 radical (unpaired) electrons. The standard InChI is InChI=1S/C24H23Cl2N3O3/c1-14-10-11-18(13-19(14)25)29-23(31)20(26)21(24(29)32)27-17-9-5-6-15(12-17)22(30)28-16-7-3-2-4-8-16/h5-6,9-13,16,27H,2-4,7-8H2,1H3,(H,28,30). The Hall–Kier alpha value is -2.83. The molecule has 0 aromatic heterocycles. The number of hydrogen-bond acceptors (Lipinski definition) is 4. The Morgan fingerprint density at radius 3 is 2.47 bits per heavy atom. The minimum Gasteiger partial charge on any atom is -0.350 e. The van der Waals surface area contributed by atoms with Gasteiger partial charge in [0.2, 0.25) is 0 Å². The van der Waals surface area contributed by atoms with E-state index in [0.29, 0.717) is 22.0 Å². The molecule has 1 saturated carbocycles. The van der Waals surface area contributed by atoms with E-state index in [4.69, 9.17) is 23.2 Å². The molecule has 1 aliphatic heterocycles. The molecule has 2 N–H and O–H groups in total. The van der Waals surface area contributed by atoms with Crippen molar-refractivity contribution in [1.29, 1.82) is 0 Å². The third kappa shape index (κ3) is 4.52. The van der Waals surface area contributed by atoms with Crippen LogP contribution in [0.1, 0.15) is 48.0 Å². The van der Waals surface area contributed by atoms with Crippen molar-refractivity contribution < 1.29 is 14.4 Å². The van der Waals surface area contributed by atoms with E-state index >= 15 is 0 Å². The first-order chi connectivity index (χ1) is 15.3. The van der Waals surface area contributed by atoms with Crippen LogP contribution < -0.4 is 15.5 Å². The van der Waals surface area contributed by atoms with Crippen LogP contribution in [0.4, 0.5) is 11.4 Å². The number of imide groups is 1. The molecule has 166 valence electrons. The van der Waals surface area contributed by atoms with E-state index in [-0.39, 0.29) is 22.7 Å². The SMILES string of the molecule is Cc1ccc(N2C(=O)C(Cl)=C(Nc3cccc(C(=O)NC4CCCCC4)c3)C2=O)cc1Cl. The summed E-state index contributed by atoms with van der Waals surface area (Å²) in [5.74, 6) is -1.38. The third-order valence-corrected chi connectivity index (χ3v) is 6.53. The summed E-state index contributed by atoms with van der Waals surface area (Å²) in [6.07, 6.45) is 5.43. The second kappa shape index (κ2) is 9.35. The van der Waals surface area contributed by atoms with E-state index in [1.54, 1.807) is 42.5 Å². The average molecular weight is 472 g/mol. The van der Waals surface area contributed by atoms with Crippen LogP contribution in [0.5, 0.6) is 0 Å². The quantitative estimate of drug-likeness (QED) is 0.591. The van der Waals surface area contributed by atoms with Gasteiger partial charge in [0, 0.05) is 22.3 Å². The lowest BCUT2D eigenvalue weighted by atomic mass is 9.95. The van der Waals surface area contributed by atoms with Crippen molar-refractivity contribution >= 4 is 52.3 Å². The summed E-state index contributed by atoms with van der Waals surface area (Å²) in [7, 11) is 0. The van der Waals surface area contributed by atoms with Crippen LogP contribution in [0.25, 0.3) is 0 Å². The molecular formula is C24H23Cl2N3O3. The predicted octanol–water partition coefficient (Wildman–Crippen LogP) is 5.15. The lowest BCUT2D eigenvalue weighted by Crippen LogP contribution is -2.36. The van der Waals surface area contributed by atoms with Gasteiger partial charge in [-0.3, -0.25) is 14.4 Å². The molecule has 3 amide bonds. The number of rotatable bonds is 5. The van der Waals surface area contributed by atoms with Crippen LogP contribution in [0, 0.1) is 6.92 Å². The second-order valence-corrected chi connectivity index (χ2v) is 8.87. The summed E-state index contributed by atoms with van der Waals surface area (Å²) in [5, 5.41) is 6.21. The van der Waals surface area contributed by atoms with Gasteiger partial charge < -0.3 is 10.6 Å². The average Bonchev–Trinajstić information content (AvgIpc) is 3.00. The number of amides is 3. The summed E-state index contributed by atoms with van der Waals surface area (Å²) in [4.78, 5) is 39.3. The van der Waals surface area contributed by atoms with Crippen molar-refractivity contribution in [3.05, 3.63) is 69.3 Å². The maximum Gasteiger partial charge on any atom is 0.283 e. The molecule has 1 heterocycles. The Labute approximate surface area is 196 Å². The van der Waals surface area contributed by atoms with Crippen LogP contribution >= 0.6 is 23.2 Å². The summed E-state index contributed by atoms with van der Waals surface area (Å²) in [5.41, 5.74) is 2.08. The zero-order chi connectivity index (χ0) is 22.8. The molecule has 2 aromatic rings. The Bertz CT molecular complexity index is 1120. The fourth-order valence-corrected chi connectivity index (χ4v) is 4.35. The Morgan fingerprint density at radius 2 is 1.75 bits per heavy atom. The zero-order valence-electron chi connectivity index (χ0n) is 17.6. The third-order valence-electron chi connectivity index (χ3n) is 5.78. The molecule has 1 aliphatic carbocycles. The molecule has 0 spiro atoms. The number of anilines is 2. The Kier molecular flexibility index (Phi) is 6.53. The van der Waals surface area contributed by atoms with Gasteiger partial charge in [-0.15, -0.1) is 0 Å². The molecule has 4 rings (SSSR count). The number of nitrogens with one attached hydrogen (secondary N) is 2. The van der Waals surface area contributed by atoms with E-state index < -0.39 is 11.8 Å². The molecule has 0 atom stereocenters. The molecule has 0 saturated heterocycles. The first kappa shape index (κ1) is 22.4. The maximum absolute atomic E-state index is 13.0. The number of nitrogens with zero attached hydrogens (tertiary/aromatic N) is 1. The van der Waals surface area contributed by atoms with Crippen molar-refractivity contribution in [2.45, 2.75) is 45.1 Å². The van der Waals surface area contributed by atoms with Crippen molar-refractivity contribution in [3.8, 4) is 0 Å². The fraction of sp³-hybridized carbons (Fsp3) is 0.292. The molecule has 0 unspecified atom stereocenters. The van der Waals surface area contributed by atoms with Gasteiger partial charge in [0.1, 0.15) is 10.7 Å². The number of carbonyl (C=O) groups excluding carboxylic acids is 3. The van der Waals surface area contributed by atoms with Crippen molar-refractivity contribution in [2.24, 2.45) is 0 Å². The van der Waals surface area contributed by atoms with E-state index in [1.807, 2.05) is 6.92 Å². The highest BCUT2D eigenvalue weighted by Gasteiger charge is 2.39. The van der Waals surface area contributed by atoms with Crippen molar-refractivity contribution in [3.63, 3.8) is 0 Å². The highest BCUT2D eigenvalue weighted by atomic mass is 35.5. The summed E-state index contributed by atoms with van der Waals surface area (Å²) < 4.78 is 0. The van der Waals surface area contributed by atoms with Crippen LogP contribution in [-0.4, -0.2) is 23.8 Å². The van der Waals surface area contributed by atoms with Gasteiger partial charge in [0.25, 0.3) is 17.7 Å². The first-order valence-electron chi connectivity index (χ1n) is 10.6. The normalized spacial score (nSPS) is 17.2. The second-order valence-electron chi connectivity index (χ2n) is 8.08. The molecule has 6 nitrogen and oxygen atoms in total.